The van der Waals surface area contributed by atoms with Crippen LogP contribution in [0.3, 0.4) is 0 Å². The molecule has 1 aromatic carbocycles. The van der Waals surface area contributed by atoms with Crippen molar-refractivity contribution in [2.75, 3.05) is 5.32 Å². The van der Waals surface area contributed by atoms with Gasteiger partial charge in [0.05, 0.1) is 6.61 Å². The molecule has 1 radical (unpaired) electrons. The summed E-state index contributed by atoms with van der Waals surface area (Å²) in [5.41, 5.74) is 2.72. The summed E-state index contributed by atoms with van der Waals surface area (Å²) >= 11 is 5.23. The minimum Gasteiger partial charge on any atom is -0.392 e. The van der Waals surface area contributed by atoms with E-state index in [0.717, 1.165) is 23.4 Å². The van der Waals surface area contributed by atoms with Crippen LogP contribution in [0.2, 0.25) is 0 Å². The van der Waals surface area contributed by atoms with Crippen LogP contribution >= 0.6 is 12.2 Å². The fraction of sp³-hybridized carbons (Fsp3) is 0.143. The Morgan fingerprint density at radius 3 is 2.94 bits per heavy atom. The molecule has 0 fully saturated rings. The molecular weight excluding hydrogens is 244 g/mol. The molecule has 3 nitrogen and oxygen atoms in total. The average Bonchev–Trinajstić information content (AvgIpc) is 2.40. The fourth-order valence-electron chi connectivity index (χ4n) is 1.65. The largest absolute Gasteiger partial charge is 0.392 e. The number of rotatable bonds is 3. The number of hydrogen-bond donors (Lipinski definition) is 3. The second kappa shape index (κ2) is 6.33. The molecular formula is C14H15N2OS. The molecule has 0 amide bonds. The Kier molecular flexibility index (Phi) is 4.50. The summed E-state index contributed by atoms with van der Waals surface area (Å²) in [6.07, 6.45) is 9.03. The summed E-state index contributed by atoms with van der Waals surface area (Å²) in [6, 6.07) is 7.52. The second-order valence-electron chi connectivity index (χ2n) is 3.93. The molecule has 0 unspecified atom stereocenters. The molecule has 0 heterocycles. The number of aliphatic hydroxyl groups is 1. The van der Waals surface area contributed by atoms with Crippen LogP contribution in [0.4, 0.5) is 5.69 Å². The Morgan fingerprint density at radius 2 is 2.22 bits per heavy atom. The minimum absolute atomic E-state index is 0.0272. The first kappa shape index (κ1) is 12.8. The maximum absolute atomic E-state index is 9.06. The monoisotopic (exact) mass is 259 g/mol. The van der Waals surface area contributed by atoms with Gasteiger partial charge in [-0.1, -0.05) is 24.3 Å². The third-order valence-electron chi connectivity index (χ3n) is 2.51. The SMILES string of the molecule is OCc1cccc(NC(=S)NC2=CC[CH]C=C2)c1. The fourth-order valence-corrected chi connectivity index (χ4v) is 1.88. The number of aliphatic hydroxyl groups excluding tert-OH is 1. The number of allylic oxidation sites excluding steroid dienone is 3. The zero-order valence-electron chi connectivity index (χ0n) is 9.89. The lowest BCUT2D eigenvalue weighted by molar-refractivity contribution is 0.282. The zero-order valence-corrected chi connectivity index (χ0v) is 10.7. The highest BCUT2D eigenvalue weighted by atomic mass is 32.1. The van der Waals surface area contributed by atoms with Crippen LogP contribution in [0.5, 0.6) is 0 Å². The van der Waals surface area contributed by atoms with Crippen molar-refractivity contribution >= 4 is 23.0 Å². The molecule has 0 saturated carbocycles. The third kappa shape index (κ3) is 3.68. The van der Waals surface area contributed by atoms with Crippen LogP contribution in [0.25, 0.3) is 0 Å². The lowest BCUT2D eigenvalue weighted by Gasteiger charge is -2.13. The van der Waals surface area contributed by atoms with Gasteiger partial charge in [-0.15, -0.1) is 0 Å². The maximum atomic E-state index is 9.06. The highest BCUT2D eigenvalue weighted by molar-refractivity contribution is 7.80. The van der Waals surface area contributed by atoms with Gasteiger partial charge in [0.25, 0.3) is 0 Å². The van der Waals surface area contributed by atoms with E-state index in [1.54, 1.807) is 0 Å². The number of hydrogen-bond acceptors (Lipinski definition) is 2. The first-order valence-electron chi connectivity index (χ1n) is 5.76. The van der Waals surface area contributed by atoms with E-state index in [1.807, 2.05) is 36.4 Å². The third-order valence-corrected chi connectivity index (χ3v) is 2.72. The van der Waals surface area contributed by atoms with Crippen LogP contribution in [0.1, 0.15) is 12.0 Å². The summed E-state index contributed by atoms with van der Waals surface area (Å²) in [4.78, 5) is 0. The number of anilines is 1. The smallest absolute Gasteiger partial charge is 0.175 e. The molecule has 0 saturated heterocycles. The van der Waals surface area contributed by atoms with Crippen molar-refractivity contribution in [2.45, 2.75) is 13.0 Å². The van der Waals surface area contributed by atoms with E-state index < -0.39 is 0 Å². The standard InChI is InChI=1S/C14H15N2OS/c17-10-11-5-4-8-13(9-11)16-14(18)15-12-6-2-1-3-7-12/h1-2,4-9,17H,3,10H2,(H2,15,16,18). The normalized spacial score (nSPS) is 13.9. The van der Waals surface area contributed by atoms with E-state index in [4.69, 9.17) is 17.3 Å². The minimum atomic E-state index is 0.0272. The Labute approximate surface area is 112 Å². The first-order chi connectivity index (χ1) is 8.78. The number of thiocarbonyl (C=S) groups is 1. The van der Waals surface area contributed by atoms with Gasteiger partial charge < -0.3 is 15.7 Å². The van der Waals surface area contributed by atoms with Crippen molar-refractivity contribution in [1.82, 2.24) is 5.32 Å². The lowest BCUT2D eigenvalue weighted by Crippen LogP contribution is -2.27. The molecule has 0 bridgehead atoms. The Morgan fingerprint density at radius 1 is 1.33 bits per heavy atom. The molecule has 0 aromatic heterocycles. The van der Waals surface area contributed by atoms with Crippen molar-refractivity contribution in [2.24, 2.45) is 0 Å². The summed E-state index contributed by atoms with van der Waals surface area (Å²) < 4.78 is 0. The molecule has 0 aliphatic heterocycles. The number of benzene rings is 1. The molecule has 0 atom stereocenters. The zero-order chi connectivity index (χ0) is 12.8. The molecule has 3 N–H and O–H groups in total. The van der Waals surface area contributed by atoms with E-state index >= 15 is 0 Å². The van der Waals surface area contributed by atoms with Gasteiger partial charge in [-0.2, -0.15) is 0 Å². The quantitative estimate of drug-likeness (QED) is 0.730. The average molecular weight is 259 g/mol. The van der Waals surface area contributed by atoms with Crippen LogP contribution in [0, 0.1) is 6.42 Å². The summed E-state index contributed by atoms with van der Waals surface area (Å²) in [7, 11) is 0. The van der Waals surface area contributed by atoms with Crippen LogP contribution in [-0.2, 0) is 6.61 Å². The number of nitrogens with one attached hydrogen (secondary N) is 2. The molecule has 0 spiro atoms. The van der Waals surface area contributed by atoms with E-state index in [2.05, 4.69) is 23.1 Å². The van der Waals surface area contributed by atoms with Crippen LogP contribution in [-0.4, -0.2) is 10.2 Å². The van der Waals surface area contributed by atoms with Crippen LogP contribution < -0.4 is 10.6 Å². The van der Waals surface area contributed by atoms with Gasteiger partial charge >= 0.3 is 0 Å². The topological polar surface area (TPSA) is 44.3 Å². The molecule has 1 aliphatic rings. The first-order valence-corrected chi connectivity index (χ1v) is 6.16. The molecule has 1 aliphatic carbocycles. The predicted octanol–water partition coefficient (Wildman–Crippen LogP) is 2.51. The van der Waals surface area contributed by atoms with Crippen molar-refractivity contribution < 1.29 is 5.11 Å². The highest BCUT2D eigenvalue weighted by Gasteiger charge is 2.02. The van der Waals surface area contributed by atoms with E-state index in [9.17, 15) is 0 Å². The van der Waals surface area contributed by atoms with Gasteiger partial charge in [0.1, 0.15) is 0 Å². The van der Waals surface area contributed by atoms with Gasteiger partial charge in [-0.05, 0) is 48.8 Å². The molecule has 2 rings (SSSR count). The van der Waals surface area contributed by atoms with Gasteiger partial charge in [0.15, 0.2) is 5.11 Å². The summed E-state index contributed by atoms with van der Waals surface area (Å²) in [5, 5.41) is 15.8. The van der Waals surface area contributed by atoms with E-state index in [0.29, 0.717) is 5.11 Å². The van der Waals surface area contributed by atoms with Gasteiger partial charge in [-0.3, -0.25) is 0 Å². The summed E-state index contributed by atoms with van der Waals surface area (Å²) in [6.45, 7) is 0.0272. The van der Waals surface area contributed by atoms with E-state index in [1.165, 1.54) is 0 Å². The lowest BCUT2D eigenvalue weighted by atomic mass is 10.1. The predicted molar refractivity (Wildman–Crippen MR) is 77.9 cm³/mol. The van der Waals surface area contributed by atoms with Gasteiger partial charge in [0, 0.05) is 11.4 Å². The van der Waals surface area contributed by atoms with Crippen molar-refractivity contribution in [3.05, 3.63) is 60.2 Å². The van der Waals surface area contributed by atoms with Crippen LogP contribution in [0.15, 0.2) is 48.2 Å². The molecule has 18 heavy (non-hydrogen) atoms. The van der Waals surface area contributed by atoms with Gasteiger partial charge in [0.2, 0.25) is 0 Å². The Balaban J connectivity index is 1.94. The Bertz CT molecular complexity index is 494. The highest BCUT2D eigenvalue weighted by Crippen LogP contribution is 2.11. The van der Waals surface area contributed by atoms with E-state index in [-0.39, 0.29) is 6.61 Å². The molecule has 4 heteroatoms. The Hall–Kier alpha value is -1.65. The maximum Gasteiger partial charge on any atom is 0.175 e. The van der Waals surface area contributed by atoms with Gasteiger partial charge in [-0.25, -0.2) is 0 Å². The van der Waals surface area contributed by atoms with Crippen molar-refractivity contribution in [3.63, 3.8) is 0 Å². The van der Waals surface area contributed by atoms with Crippen molar-refractivity contribution in [3.8, 4) is 0 Å². The second-order valence-corrected chi connectivity index (χ2v) is 4.34. The van der Waals surface area contributed by atoms with Crippen molar-refractivity contribution in [1.29, 1.82) is 0 Å². The summed E-state index contributed by atoms with van der Waals surface area (Å²) in [5.74, 6) is 0. The molecule has 93 valence electrons. The molecule has 1 aromatic rings.